The van der Waals surface area contributed by atoms with Crippen molar-refractivity contribution < 1.29 is 14.3 Å². The summed E-state index contributed by atoms with van der Waals surface area (Å²) in [5.41, 5.74) is -0.476. The number of hydrogen-bond donors (Lipinski definition) is 3. The van der Waals surface area contributed by atoms with Crippen molar-refractivity contribution in [3.8, 4) is 17.6 Å². The number of carbonyl (C=O) groups excluding carboxylic acids is 1. The van der Waals surface area contributed by atoms with E-state index in [4.69, 9.17) is 14.7 Å². The predicted molar refractivity (Wildman–Crippen MR) is 95.0 cm³/mol. The van der Waals surface area contributed by atoms with Crippen molar-refractivity contribution >= 4 is 11.8 Å². The quantitative estimate of drug-likeness (QED) is 0.703. The summed E-state index contributed by atoms with van der Waals surface area (Å²) in [6.07, 6.45) is 0. The van der Waals surface area contributed by atoms with E-state index in [1.54, 1.807) is 25.1 Å². The molecule has 1 atom stereocenters. The van der Waals surface area contributed by atoms with Crippen molar-refractivity contribution in [3.05, 3.63) is 50.2 Å². The van der Waals surface area contributed by atoms with Crippen molar-refractivity contribution in [2.24, 2.45) is 7.05 Å². The van der Waals surface area contributed by atoms with Crippen LogP contribution in [0.5, 0.6) is 11.5 Å². The molecule has 3 rings (SSSR count). The monoisotopic (exact) mass is 371 g/mol. The molecule has 3 N–H and O–H groups in total. The fourth-order valence-corrected chi connectivity index (χ4v) is 2.86. The Hall–Kier alpha value is -3.74. The van der Waals surface area contributed by atoms with E-state index < -0.39 is 23.3 Å². The van der Waals surface area contributed by atoms with E-state index in [9.17, 15) is 14.4 Å². The molecule has 2 heterocycles. The average molecular weight is 371 g/mol. The Morgan fingerprint density at radius 1 is 1.22 bits per heavy atom. The summed E-state index contributed by atoms with van der Waals surface area (Å²) in [4.78, 5) is 38.5. The fraction of sp³-hybridized carbons (Fsp3) is 0.294. The van der Waals surface area contributed by atoms with Crippen molar-refractivity contribution in [2.45, 2.75) is 13.0 Å². The SMILES string of the molecule is CCOc1cc(C2NC(=O)Nc3c2c(=O)[nH]c(=O)n3C)ccc1OCC#N. The van der Waals surface area contributed by atoms with E-state index in [0.29, 0.717) is 23.7 Å². The molecule has 140 valence electrons. The fourth-order valence-electron chi connectivity index (χ4n) is 2.86. The summed E-state index contributed by atoms with van der Waals surface area (Å²) < 4.78 is 12.0. The van der Waals surface area contributed by atoms with Gasteiger partial charge in [0.15, 0.2) is 18.1 Å². The molecule has 0 saturated carbocycles. The molecule has 1 aromatic carbocycles. The molecule has 1 unspecified atom stereocenters. The number of nitrogens with zero attached hydrogens (tertiary/aromatic N) is 2. The van der Waals surface area contributed by atoms with E-state index in [2.05, 4.69) is 15.6 Å². The molecule has 1 aliphatic rings. The molecule has 0 saturated heterocycles. The Kier molecular flexibility index (Phi) is 4.85. The van der Waals surface area contributed by atoms with Crippen molar-refractivity contribution in [3.63, 3.8) is 0 Å². The maximum atomic E-state index is 12.4. The van der Waals surface area contributed by atoms with Gasteiger partial charge in [0, 0.05) is 7.05 Å². The molecule has 0 spiro atoms. The average Bonchev–Trinajstić information content (AvgIpc) is 2.64. The van der Waals surface area contributed by atoms with Crippen LogP contribution in [0, 0.1) is 11.3 Å². The standard InChI is InChI=1S/C17H17N5O5/c1-3-26-11-8-9(4-5-10(11)27-7-6-18)13-12-14(20-16(24)19-13)22(2)17(25)21-15(12)23/h4-5,8,13H,3,7H2,1-2H3,(H2,19,20,24)(H,21,23,25). The smallest absolute Gasteiger partial charge is 0.329 e. The maximum absolute atomic E-state index is 12.4. The van der Waals surface area contributed by atoms with Gasteiger partial charge in [-0.25, -0.2) is 9.59 Å². The number of urea groups is 1. The number of aromatic amines is 1. The lowest BCUT2D eigenvalue weighted by Gasteiger charge is -2.28. The molecule has 0 aliphatic carbocycles. The molecule has 1 aliphatic heterocycles. The molecule has 0 radical (unpaired) electrons. The molecule has 2 aromatic rings. The number of amides is 2. The van der Waals surface area contributed by atoms with Crippen LogP contribution in [0.2, 0.25) is 0 Å². The van der Waals surface area contributed by atoms with Crippen LogP contribution in [0.1, 0.15) is 24.1 Å². The first-order valence-corrected chi connectivity index (χ1v) is 8.13. The van der Waals surface area contributed by atoms with Gasteiger partial charge in [-0.2, -0.15) is 5.26 Å². The molecule has 10 nitrogen and oxygen atoms in total. The highest BCUT2D eigenvalue weighted by Crippen LogP contribution is 2.34. The normalized spacial score (nSPS) is 15.1. The zero-order valence-corrected chi connectivity index (χ0v) is 14.7. The second-order valence-electron chi connectivity index (χ2n) is 5.70. The lowest BCUT2D eigenvalue weighted by molar-refractivity contribution is 0.248. The largest absolute Gasteiger partial charge is 0.490 e. The van der Waals surface area contributed by atoms with Gasteiger partial charge >= 0.3 is 11.7 Å². The van der Waals surface area contributed by atoms with Gasteiger partial charge in [0.05, 0.1) is 18.2 Å². The molecular formula is C17H17N5O5. The summed E-state index contributed by atoms with van der Waals surface area (Å²) >= 11 is 0. The van der Waals surface area contributed by atoms with Crippen molar-refractivity contribution in [1.82, 2.24) is 14.9 Å². The highest BCUT2D eigenvalue weighted by atomic mass is 16.5. The lowest BCUT2D eigenvalue weighted by atomic mass is 9.98. The van der Waals surface area contributed by atoms with Crippen molar-refractivity contribution in [2.75, 3.05) is 18.5 Å². The Morgan fingerprint density at radius 3 is 2.70 bits per heavy atom. The van der Waals surface area contributed by atoms with Gasteiger partial charge in [0.1, 0.15) is 11.9 Å². The molecule has 1 aromatic heterocycles. The molecular weight excluding hydrogens is 354 g/mol. The van der Waals surface area contributed by atoms with E-state index in [1.165, 1.54) is 7.05 Å². The third-order valence-corrected chi connectivity index (χ3v) is 4.05. The molecule has 10 heteroatoms. The van der Waals surface area contributed by atoms with Crippen LogP contribution in [-0.4, -0.2) is 28.8 Å². The van der Waals surface area contributed by atoms with E-state index in [0.717, 1.165) is 4.57 Å². The molecule has 0 fully saturated rings. The lowest BCUT2D eigenvalue weighted by Crippen LogP contribution is -2.46. The zero-order chi connectivity index (χ0) is 19.6. The first-order valence-electron chi connectivity index (χ1n) is 8.13. The summed E-state index contributed by atoms with van der Waals surface area (Å²) in [6, 6.07) is 5.41. The van der Waals surface area contributed by atoms with E-state index in [-0.39, 0.29) is 18.0 Å². The van der Waals surface area contributed by atoms with Crippen LogP contribution in [0.15, 0.2) is 27.8 Å². The second kappa shape index (κ2) is 7.25. The first kappa shape index (κ1) is 18.1. The second-order valence-corrected chi connectivity index (χ2v) is 5.70. The number of hydrogen-bond acceptors (Lipinski definition) is 6. The van der Waals surface area contributed by atoms with Gasteiger partial charge in [-0.3, -0.25) is 19.7 Å². The summed E-state index contributed by atoms with van der Waals surface area (Å²) in [7, 11) is 1.45. The van der Waals surface area contributed by atoms with Crippen LogP contribution in [0.25, 0.3) is 0 Å². The summed E-state index contributed by atoms with van der Waals surface area (Å²) in [5, 5.41) is 13.9. The maximum Gasteiger partial charge on any atom is 0.329 e. The van der Waals surface area contributed by atoms with Crippen LogP contribution in [-0.2, 0) is 7.05 Å². The Bertz CT molecular complexity index is 1050. The highest BCUT2D eigenvalue weighted by molar-refractivity contribution is 5.92. The van der Waals surface area contributed by atoms with E-state index >= 15 is 0 Å². The van der Waals surface area contributed by atoms with Crippen LogP contribution in [0.3, 0.4) is 0 Å². The van der Waals surface area contributed by atoms with Gasteiger partial charge in [0.2, 0.25) is 0 Å². The van der Waals surface area contributed by atoms with Gasteiger partial charge in [-0.15, -0.1) is 0 Å². The summed E-state index contributed by atoms with van der Waals surface area (Å²) in [6.45, 7) is 2.01. The number of benzene rings is 1. The minimum absolute atomic E-state index is 0.125. The highest BCUT2D eigenvalue weighted by Gasteiger charge is 2.31. The number of nitrogens with one attached hydrogen (secondary N) is 3. The minimum atomic E-state index is -0.798. The number of rotatable bonds is 5. The van der Waals surface area contributed by atoms with Crippen LogP contribution in [0.4, 0.5) is 10.6 Å². The topological polar surface area (TPSA) is 138 Å². The zero-order valence-electron chi connectivity index (χ0n) is 14.7. The third-order valence-electron chi connectivity index (χ3n) is 4.05. The number of ether oxygens (including phenoxy) is 2. The summed E-state index contributed by atoms with van der Waals surface area (Å²) in [5.74, 6) is 0.873. The number of fused-ring (bicyclic) bond motifs is 1. The molecule has 27 heavy (non-hydrogen) atoms. The van der Waals surface area contributed by atoms with Gasteiger partial charge in [0.25, 0.3) is 5.56 Å². The third kappa shape index (κ3) is 3.35. The Morgan fingerprint density at radius 2 is 2.00 bits per heavy atom. The predicted octanol–water partition coefficient (Wildman–Crippen LogP) is 0.599. The van der Waals surface area contributed by atoms with Crippen LogP contribution < -0.4 is 31.4 Å². The van der Waals surface area contributed by atoms with Crippen LogP contribution >= 0.6 is 0 Å². The van der Waals surface area contributed by atoms with Gasteiger partial charge in [-0.1, -0.05) is 6.07 Å². The molecule has 0 bridgehead atoms. The Labute approximate surface area is 153 Å². The minimum Gasteiger partial charge on any atom is -0.490 e. The number of H-pyrrole nitrogens is 1. The Balaban J connectivity index is 2.13. The number of carbonyl (C=O) groups is 1. The van der Waals surface area contributed by atoms with Crippen molar-refractivity contribution in [1.29, 1.82) is 5.26 Å². The van der Waals surface area contributed by atoms with E-state index in [1.807, 2.05) is 6.07 Å². The number of aromatic nitrogens is 2. The number of anilines is 1. The van der Waals surface area contributed by atoms with Gasteiger partial charge in [-0.05, 0) is 24.6 Å². The number of nitriles is 1. The first-order chi connectivity index (χ1) is 13.0. The molecule has 2 amide bonds. The van der Waals surface area contributed by atoms with Gasteiger partial charge < -0.3 is 14.8 Å².